The second-order valence-corrected chi connectivity index (χ2v) is 19.6. The maximum atomic E-state index is 12.8. The summed E-state index contributed by atoms with van der Waals surface area (Å²) in [6, 6.07) is 29.3. The average Bonchev–Trinajstić information content (AvgIpc) is 3.66. The van der Waals surface area contributed by atoms with Crippen LogP contribution in [0.2, 0.25) is 0 Å². The van der Waals surface area contributed by atoms with Gasteiger partial charge in [-0.1, -0.05) is 96.8 Å². The summed E-state index contributed by atoms with van der Waals surface area (Å²) in [6.07, 6.45) is 21.7. The van der Waals surface area contributed by atoms with Crippen molar-refractivity contribution in [2.75, 3.05) is 39.6 Å². The average molecular weight is 1170 g/mol. The number of carbonyl (C=O) groups is 6. The van der Waals surface area contributed by atoms with E-state index in [1.165, 1.54) is 48.6 Å². The van der Waals surface area contributed by atoms with E-state index in [1.807, 2.05) is 0 Å². The van der Waals surface area contributed by atoms with E-state index in [0.29, 0.717) is 90.6 Å². The number of phenols is 2. The highest BCUT2D eigenvalue weighted by molar-refractivity contribution is 5.92. The van der Waals surface area contributed by atoms with Crippen molar-refractivity contribution in [3.63, 3.8) is 0 Å². The number of benzene rings is 5. The monoisotopic (exact) mass is 1170 g/mol. The third-order valence-corrected chi connectivity index (χ3v) is 12.7. The largest absolute Gasteiger partial charge is 0.508 e. The van der Waals surface area contributed by atoms with Crippen molar-refractivity contribution < 1.29 is 82.0 Å². The van der Waals surface area contributed by atoms with Gasteiger partial charge in [-0.05, 0) is 173 Å². The smallest absolute Gasteiger partial charge is 0.343 e. The third kappa shape index (κ3) is 32.0. The second kappa shape index (κ2) is 42.9. The number of ether oxygens (including phenoxy) is 8. The first-order valence-corrected chi connectivity index (χ1v) is 28.9. The summed E-state index contributed by atoms with van der Waals surface area (Å²) in [7, 11) is 0. The van der Waals surface area contributed by atoms with E-state index in [1.54, 1.807) is 92.7 Å². The zero-order valence-corrected chi connectivity index (χ0v) is 49.3. The van der Waals surface area contributed by atoms with Gasteiger partial charge in [0.2, 0.25) is 0 Å². The molecule has 0 aliphatic carbocycles. The number of carbonyl (C=O) groups excluding carboxylic acids is 5. The van der Waals surface area contributed by atoms with Gasteiger partial charge in [0.05, 0.1) is 56.3 Å². The van der Waals surface area contributed by atoms with Crippen LogP contribution >= 0.6 is 0 Å². The fraction of sp³-hybridized carbons (Fsp3) is 0.382. The highest BCUT2D eigenvalue weighted by Crippen LogP contribution is 2.26. The molecule has 0 fully saturated rings. The van der Waals surface area contributed by atoms with Crippen LogP contribution in [0.15, 0.2) is 147 Å². The first kappa shape index (κ1) is 70.4. The molecule has 0 unspecified atom stereocenters. The van der Waals surface area contributed by atoms with Crippen LogP contribution in [-0.2, 0) is 28.6 Å². The van der Waals surface area contributed by atoms with E-state index in [2.05, 4.69) is 19.7 Å². The van der Waals surface area contributed by atoms with Gasteiger partial charge in [0.15, 0.2) is 0 Å². The van der Waals surface area contributed by atoms with Crippen molar-refractivity contribution in [1.82, 2.24) is 0 Å². The van der Waals surface area contributed by atoms with Gasteiger partial charge in [-0.3, -0.25) is 0 Å². The molecule has 0 bridgehead atoms. The molecule has 3 N–H and O–H groups in total. The Morgan fingerprint density at radius 1 is 0.376 bits per heavy atom. The summed E-state index contributed by atoms with van der Waals surface area (Å²) in [5.41, 5.74) is 2.36. The quantitative estimate of drug-likeness (QED) is 0.00832. The van der Waals surface area contributed by atoms with Gasteiger partial charge >= 0.3 is 35.8 Å². The molecule has 17 heteroatoms. The first-order chi connectivity index (χ1) is 41.1. The molecule has 0 spiro atoms. The number of esters is 5. The van der Waals surface area contributed by atoms with Crippen molar-refractivity contribution >= 4 is 35.8 Å². The number of carboxylic acids is 1. The van der Waals surface area contributed by atoms with E-state index in [-0.39, 0.29) is 35.0 Å². The molecule has 0 atom stereocenters. The molecule has 0 amide bonds. The number of unbranched alkanes of at least 4 members (excludes halogenated alkanes) is 15. The SMILES string of the molecule is C=CC(=O)OCCCCCCCCOc1ccc(C(=O)O)cc1.C=CC(=O)OCCCCCCCCOc1ccc(C(=O)Oc2ccc(OC(=O)c3ccc(OCCCCCCCCOC(=O)C=C)cc3)c(C)c2)cc1.Cc1cc(O)ccc1O. The Balaban J connectivity index is 0.000000480. The Labute approximate surface area is 500 Å². The third-order valence-electron chi connectivity index (χ3n) is 12.7. The lowest BCUT2D eigenvalue weighted by Crippen LogP contribution is -2.10. The normalized spacial score (nSPS) is 10.3. The zero-order valence-electron chi connectivity index (χ0n) is 49.3. The molecule has 458 valence electrons. The van der Waals surface area contributed by atoms with E-state index in [9.17, 15) is 28.8 Å². The van der Waals surface area contributed by atoms with E-state index < -0.39 is 17.9 Å². The van der Waals surface area contributed by atoms with E-state index >= 15 is 0 Å². The van der Waals surface area contributed by atoms with Gasteiger partial charge in [0, 0.05) is 18.2 Å². The topological polar surface area (TPSA) is 237 Å². The Kier molecular flexibility index (Phi) is 35.5. The fourth-order valence-electron chi connectivity index (χ4n) is 7.83. The van der Waals surface area contributed by atoms with E-state index in [4.69, 9.17) is 53.2 Å². The molecule has 5 rings (SSSR count). The lowest BCUT2D eigenvalue weighted by molar-refractivity contribution is -0.138. The van der Waals surface area contributed by atoms with Crippen LogP contribution < -0.4 is 23.7 Å². The predicted octanol–water partition coefficient (Wildman–Crippen LogP) is 14.6. The first-order valence-electron chi connectivity index (χ1n) is 28.9. The van der Waals surface area contributed by atoms with Crippen LogP contribution in [0, 0.1) is 13.8 Å². The summed E-state index contributed by atoms with van der Waals surface area (Å²) in [5.74, 6) is 0.0687. The zero-order chi connectivity index (χ0) is 61.9. The summed E-state index contributed by atoms with van der Waals surface area (Å²) in [4.78, 5) is 69.1. The predicted molar refractivity (Wildman–Crippen MR) is 325 cm³/mol. The molecule has 5 aromatic carbocycles. The Morgan fingerprint density at radius 2 is 0.706 bits per heavy atom. The van der Waals surface area contributed by atoms with Gasteiger partial charge < -0.3 is 53.2 Å². The molecule has 0 saturated carbocycles. The van der Waals surface area contributed by atoms with Gasteiger partial charge in [-0.25, -0.2) is 28.8 Å². The second-order valence-electron chi connectivity index (χ2n) is 19.6. The van der Waals surface area contributed by atoms with Crippen LogP contribution in [-0.4, -0.2) is 90.8 Å². The summed E-state index contributed by atoms with van der Waals surface area (Å²) >= 11 is 0. The summed E-state index contributed by atoms with van der Waals surface area (Å²) in [5, 5.41) is 26.6. The maximum absolute atomic E-state index is 12.8. The number of aromatic hydroxyl groups is 2. The molecular weight excluding hydrogens is 1090 g/mol. The summed E-state index contributed by atoms with van der Waals surface area (Å²) in [6.45, 7) is 16.7. The van der Waals surface area contributed by atoms with Gasteiger partial charge in [0.25, 0.3) is 0 Å². The number of hydrogen-bond donors (Lipinski definition) is 3. The highest BCUT2D eigenvalue weighted by atomic mass is 16.6. The Bertz CT molecular complexity index is 2800. The van der Waals surface area contributed by atoms with Crippen LogP contribution in [0.25, 0.3) is 0 Å². The molecule has 0 radical (unpaired) electrons. The standard InChI is InChI=1S/C43H52O10.C18H24O5.C7H8O2/c1-4-40(44)50-30-16-12-8-6-10-14-28-48-36-22-18-34(19-23-36)42(46)52-38-26-27-39(33(3)32-38)53-43(47)35-20-24-37(25-21-35)49-29-15-11-7-9-13-17-31-51-41(45)5-2;1-2-17(19)23-14-8-6-4-3-5-7-13-22-16-11-9-15(10-12-16)18(20)21;1-5-4-6(8)2-3-7(5)9/h4-5,18-27,32H,1-2,6-17,28-31H2,3H3;2,9-12H,1,3-8,13-14H2,(H,20,21);2-4,8-9H,1H3. The highest BCUT2D eigenvalue weighted by Gasteiger charge is 2.14. The van der Waals surface area contributed by atoms with Crippen LogP contribution in [0.3, 0.4) is 0 Å². The minimum absolute atomic E-state index is 0.185. The number of aryl methyl sites for hydroxylation is 2. The number of rotatable bonds is 38. The van der Waals surface area contributed by atoms with E-state index in [0.717, 1.165) is 116 Å². The number of hydrogen-bond acceptors (Lipinski definition) is 16. The van der Waals surface area contributed by atoms with Crippen molar-refractivity contribution in [3.05, 3.63) is 175 Å². The molecule has 85 heavy (non-hydrogen) atoms. The van der Waals surface area contributed by atoms with Crippen molar-refractivity contribution in [1.29, 1.82) is 0 Å². The van der Waals surface area contributed by atoms with Crippen molar-refractivity contribution in [2.24, 2.45) is 0 Å². The Hall–Kier alpha value is -8.86. The number of aromatic carboxylic acids is 1. The van der Waals surface area contributed by atoms with Gasteiger partial charge in [-0.15, -0.1) is 0 Å². The minimum Gasteiger partial charge on any atom is -0.508 e. The molecule has 0 aliphatic heterocycles. The molecule has 17 nitrogen and oxygen atoms in total. The molecule has 0 saturated heterocycles. The number of carboxylic acid groups (broad SMARTS) is 1. The molecule has 0 aromatic heterocycles. The van der Waals surface area contributed by atoms with Crippen LogP contribution in [0.4, 0.5) is 0 Å². The fourth-order valence-corrected chi connectivity index (χ4v) is 7.83. The maximum Gasteiger partial charge on any atom is 0.343 e. The molecular formula is C68H84O17. The number of phenolic OH excluding ortho intramolecular Hbond substituents is 2. The van der Waals surface area contributed by atoms with Crippen LogP contribution in [0.5, 0.6) is 40.2 Å². The Morgan fingerprint density at radius 3 is 1.04 bits per heavy atom. The van der Waals surface area contributed by atoms with Gasteiger partial charge in [0.1, 0.15) is 40.2 Å². The minimum atomic E-state index is -0.934. The van der Waals surface area contributed by atoms with Crippen molar-refractivity contribution in [3.8, 4) is 40.2 Å². The lowest BCUT2D eigenvalue weighted by atomic mass is 10.1. The molecule has 5 aromatic rings. The lowest BCUT2D eigenvalue weighted by Gasteiger charge is -2.11. The van der Waals surface area contributed by atoms with Gasteiger partial charge in [-0.2, -0.15) is 0 Å². The molecule has 0 aliphatic rings. The molecule has 0 heterocycles. The summed E-state index contributed by atoms with van der Waals surface area (Å²) < 4.78 is 43.2. The van der Waals surface area contributed by atoms with Crippen LogP contribution in [0.1, 0.15) is 158 Å². The van der Waals surface area contributed by atoms with Crippen molar-refractivity contribution in [2.45, 2.75) is 129 Å².